The third-order valence-corrected chi connectivity index (χ3v) is 11.9. The molecule has 0 spiro atoms. The molecule has 13 aromatic rings. The molecule has 0 amide bonds. The fourth-order valence-electron chi connectivity index (χ4n) is 9.52. The summed E-state index contributed by atoms with van der Waals surface area (Å²) in [5.74, 6) is 1.55. The van der Waals surface area contributed by atoms with Crippen LogP contribution in [0.2, 0.25) is 0 Å². The molecule has 59 heavy (non-hydrogen) atoms. The van der Waals surface area contributed by atoms with Crippen molar-refractivity contribution in [2.24, 2.45) is 0 Å². The minimum absolute atomic E-state index is 0.442. The SMILES string of the molecule is N#Cc1cc(-c2nc(-c3ccccc3)nc(-c3ccccc3)n2)c2c(oc3ccccc32)c1-n1c2ccccc2c2c3c4cccc5c6ccccc6n(c3ccc21)c54. The van der Waals surface area contributed by atoms with Gasteiger partial charge in [0.1, 0.15) is 17.3 Å². The molecule has 0 saturated carbocycles. The van der Waals surface area contributed by atoms with E-state index in [2.05, 4.69) is 100.0 Å². The zero-order valence-corrected chi connectivity index (χ0v) is 31.3. The Morgan fingerprint density at radius 2 is 1.03 bits per heavy atom. The van der Waals surface area contributed by atoms with Crippen LogP contribution in [-0.2, 0) is 0 Å². The molecular weight excluding hydrogens is 725 g/mol. The van der Waals surface area contributed by atoms with E-state index in [1.54, 1.807) is 0 Å². The van der Waals surface area contributed by atoms with Crippen molar-refractivity contribution in [1.82, 2.24) is 23.9 Å². The van der Waals surface area contributed by atoms with Crippen molar-refractivity contribution in [2.75, 3.05) is 0 Å². The topological polar surface area (TPSA) is 84.9 Å². The largest absolute Gasteiger partial charge is 0.454 e. The van der Waals surface area contributed by atoms with Crippen molar-refractivity contribution in [1.29, 1.82) is 5.26 Å². The normalized spacial score (nSPS) is 12.1. The lowest BCUT2D eigenvalue weighted by molar-refractivity contribution is 0.666. The van der Waals surface area contributed by atoms with E-state index in [0.717, 1.165) is 49.2 Å². The molecule has 5 aromatic heterocycles. The standard InChI is InChI=1S/C52H28N6O/c53-29-32-28-38(52-55-50(30-14-3-1-4-15-30)54-51(56-52)31-16-5-2-6-17-31)44-36-20-9-12-25-43(36)59-49(44)47(32)57-40-24-11-8-19-35(40)45-41(57)26-27-42-46(45)37-22-13-21-34-33-18-7-10-23-39(33)58(42)48(34)37/h1-28H. The van der Waals surface area contributed by atoms with Crippen LogP contribution in [-0.4, -0.2) is 23.9 Å². The highest BCUT2D eigenvalue weighted by atomic mass is 16.3. The highest BCUT2D eigenvalue weighted by Gasteiger charge is 2.28. The number of nitrogens with zero attached hydrogens (tertiary/aromatic N) is 6. The van der Waals surface area contributed by atoms with Crippen LogP contribution in [0, 0.1) is 11.3 Å². The average molecular weight is 753 g/mol. The van der Waals surface area contributed by atoms with Crippen LogP contribution >= 0.6 is 0 Å². The van der Waals surface area contributed by atoms with Crippen LogP contribution in [0.25, 0.3) is 122 Å². The minimum atomic E-state index is 0.442. The maximum atomic E-state index is 11.2. The number of rotatable bonds is 4. The molecule has 0 atom stereocenters. The Labute approximate surface area is 335 Å². The van der Waals surface area contributed by atoms with E-state index >= 15 is 0 Å². The molecule has 7 heteroatoms. The van der Waals surface area contributed by atoms with Crippen LogP contribution in [0.3, 0.4) is 0 Å². The maximum Gasteiger partial charge on any atom is 0.164 e. The van der Waals surface area contributed by atoms with Gasteiger partial charge in [-0.15, -0.1) is 0 Å². The summed E-state index contributed by atoms with van der Waals surface area (Å²) < 4.78 is 11.6. The van der Waals surface area contributed by atoms with Gasteiger partial charge in [0, 0.05) is 59.8 Å². The number of nitriles is 1. The second-order valence-corrected chi connectivity index (χ2v) is 15.0. The summed E-state index contributed by atoms with van der Waals surface area (Å²) in [6.07, 6.45) is 0. The van der Waals surface area contributed by atoms with Gasteiger partial charge in [-0.25, -0.2) is 15.0 Å². The smallest absolute Gasteiger partial charge is 0.164 e. The van der Waals surface area contributed by atoms with E-state index in [4.69, 9.17) is 19.4 Å². The van der Waals surface area contributed by atoms with Crippen LogP contribution in [0.15, 0.2) is 174 Å². The van der Waals surface area contributed by atoms with Crippen molar-refractivity contribution < 1.29 is 4.42 Å². The second-order valence-electron chi connectivity index (χ2n) is 15.0. The van der Waals surface area contributed by atoms with E-state index in [0.29, 0.717) is 45.5 Å². The third-order valence-electron chi connectivity index (χ3n) is 11.9. The van der Waals surface area contributed by atoms with Gasteiger partial charge in [0.05, 0.1) is 33.1 Å². The van der Waals surface area contributed by atoms with Gasteiger partial charge in [-0.3, -0.25) is 0 Å². The second kappa shape index (κ2) is 11.8. The van der Waals surface area contributed by atoms with Crippen molar-refractivity contribution in [3.05, 3.63) is 175 Å². The molecule has 13 rings (SSSR count). The lowest BCUT2D eigenvalue weighted by Crippen LogP contribution is -2.03. The molecule has 0 radical (unpaired) electrons. The summed E-state index contributed by atoms with van der Waals surface area (Å²) in [5.41, 5.74) is 10.4. The fraction of sp³-hybridized carbons (Fsp3) is 0. The van der Waals surface area contributed by atoms with Crippen molar-refractivity contribution in [3.8, 4) is 45.9 Å². The van der Waals surface area contributed by atoms with Crippen molar-refractivity contribution >= 4 is 81.8 Å². The van der Waals surface area contributed by atoms with Gasteiger partial charge in [0.2, 0.25) is 0 Å². The van der Waals surface area contributed by atoms with Gasteiger partial charge >= 0.3 is 0 Å². The Kier molecular flexibility index (Phi) is 6.38. The fourth-order valence-corrected chi connectivity index (χ4v) is 9.52. The number of furan rings is 1. The number of hydrogen-bond donors (Lipinski definition) is 0. The van der Waals surface area contributed by atoms with E-state index < -0.39 is 0 Å². The summed E-state index contributed by atoms with van der Waals surface area (Å²) in [5, 5.41) is 20.1. The molecular formula is C52H28N6O. The maximum absolute atomic E-state index is 11.2. The van der Waals surface area contributed by atoms with E-state index in [9.17, 15) is 5.26 Å². The molecule has 0 saturated heterocycles. The molecule has 7 nitrogen and oxygen atoms in total. The number of benzene rings is 8. The number of hydrogen-bond acceptors (Lipinski definition) is 5. The molecule has 272 valence electrons. The monoisotopic (exact) mass is 752 g/mol. The lowest BCUT2D eigenvalue weighted by atomic mass is 10.00. The summed E-state index contributed by atoms with van der Waals surface area (Å²) in [4.78, 5) is 15.2. The quantitative estimate of drug-likeness (QED) is 0.179. The molecule has 0 N–H and O–H groups in total. The Morgan fingerprint density at radius 3 is 1.78 bits per heavy atom. The van der Waals surface area contributed by atoms with Gasteiger partial charge in [-0.05, 0) is 36.4 Å². The molecule has 0 aliphatic carbocycles. The first-order chi connectivity index (χ1) is 29.2. The number of fused-ring (bicyclic) bond motifs is 13. The Hall–Kier alpha value is -8.34. The zero-order chi connectivity index (χ0) is 38.8. The Morgan fingerprint density at radius 1 is 0.458 bits per heavy atom. The highest BCUT2D eigenvalue weighted by Crippen LogP contribution is 2.47. The van der Waals surface area contributed by atoms with E-state index in [1.807, 2.05) is 84.9 Å². The molecule has 8 aromatic carbocycles. The summed E-state index contributed by atoms with van der Waals surface area (Å²) >= 11 is 0. The van der Waals surface area contributed by atoms with Crippen LogP contribution < -0.4 is 0 Å². The minimum Gasteiger partial charge on any atom is -0.454 e. The van der Waals surface area contributed by atoms with Gasteiger partial charge in [0.15, 0.2) is 23.1 Å². The Bertz CT molecular complexity index is 3850. The average Bonchev–Trinajstić information content (AvgIpc) is 4.05. The summed E-state index contributed by atoms with van der Waals surface area (Å²) in [6, 6.07) is 60.6. The first-order valence-corrected chi connectivity index (χ1v) is 19.6. The molecule has 0 aliphatic heterocycles. The summed E-state index contributed by atoms with van der Waals surface area (Å²) in [7, 11) is 0. The molecule has 0 bridgehead atoms. The zero-order valence-electron chi connectivity index (χ0n) is 31.3. The molecule has 0 fully saturated rings. The first-order valence-electron chi connectivity index (χ1n) is 19.6. The number of para-hydroxylation sites is 4. The van der Waals surface area contributed by atoms with Crippen LogP contribution in [0.5, 0.6) is 0 Å². The van der Waals surface area contributed by atoms with Gasteiger partial charge < -0.3 is 13.4 Å². The predicted molar refractivity (Wildman–Crippen MR) is 237 cm³/mol. The lowest BCUT2D eigenvalue weighted by Gasteiger charge is -2.14. The van der Waals surface area contributed by atoms with E-state index in [-0.39, 0.29) is 0 Å². The highest BCUT2D eigenvalue weighted by molar-refractivity contribution is 6.33. The van der Waals surface area contributed by atoms with Crippen molar-refractivity contribution in [2.45, 2.75) is 0 Å². The Balaban J connectivity index is 1.16. The summed E-state index contributed by atoms with van der Waals surface area (Å²) in [6.45, 7) is 0. The molecule has 0 unspecified atom stereocenters. The van der Waals surface area contributed by atoms with Gasteiger partial charge in [-0.1, -0.05) is 133 Å². The number of aromatic nitrogens is 5. The first kappa shape index (κ1) is 31.8. The van der Waals surface area contributed by atoms with E-state index in [1.165, 1.54) is 32.6 Å². The molecule has 5 heterocycles. The van der Waals surface area contributed by atoms with Gasteiger partial charge in [-0.2, -0.15) is 5.26 Å². The molecule has 0 aliphatic rings. The van der Waals surface area contributed by atoms with Gasteiger partial charge in [0.25, 0.3) is 0 Å². The van der Waals surface area contributed by atoms with Crippen LogP contribution in [0.4, 0.5) is 0 Å². The third kappa shape index (κ3) is 4.32. The van der Waals surface area contributed by atoms with Crippen LogP contribution in [0.1, 0.15) is 5.56 Å². The van der Waals surface area contributed by atoms with Crippen molar-refractivity contribution in [3.63, 3.8) is 0 Å². The predicted octanol–water partition coefficient (Wildman–Crippen LogP) is 12.9.